The normalized spacial score (nSPS) is 11.1. The minimum Gasteiger partial charge on any atom is -0.399 e. The third-order valence-corrected chi connectivity index (χ3v) is 3.31. The van der Waals surface area contributed by atoms with Crippen molar-refractivity contribution in [1.29, 1.82) is 0 Å². The molecule has 23 heavy (non-hydrogen) atoms. The summed E-state index contributed by atoms with van der Waals surface area (Å²) in [5, 5.41) is 14.8. The van der Waals surface area contributed by atoms with E-state index >= 15 is 0 Å². The van der Waals surface area contributed by atoms with Crippen LogP contribution in [0.15, 0.2) is 47.6 Å². The van der Waals surface area contributed by atoms with Gasteiger partial charge in [0.1, 0.15) is 0 Å². The van der Waals surface area contributed by atoms with Crippen LogP contribution in [0.25, 0.3) is 0 Å². The number of carbonyl (C=O) groups is 1. The van der Waals surface area contributed by atoms with Gasteiger partial charge in [0, 0.05) is 22.9 Å². The monoisotopic (exact) mass is 312 g/mol. The molecule has 2 aromatic carbocycles. The smallest absolute Gasteiger partial charge is 0.272 e. The molecular formula is C16H16N4O3. The van der Waals surface area contributed by atoms with Crippen molar-refractivity contribution in [3.63, 3.8) is 0 Å². The number of rotatable bonds is 4. The topological polar surface area (TPSA) is 111 Å². The molecule has 0 heterocycles. The number of nitrogens with two attached hydrogens (primary N) is 1. The number of nitrogen functional groups attached to an aromatic ring is 1. The van der Waals surface area contributed by atoms with E-state index in [0.717, 1.165) is 5.56 Å². The molecule has 0 aliphatic carbocycles. The van der Waals surface area contributed by atoms with E-state index < -0.39 is 10.8 Å². The summed E-state index contributed by atoms with van der Waals surface area (Å²) in [6.07, 6.45) is 0. The molecule has 0 unspecified atom stereocenters. The van der Waals surface area contributed by atoms with Crippen LogP contribution >= 0.6 is 0 Å². The SMILES string of the molecule is CC(=NNC(=O)c1ccc([N+](=O)[O-])c(C)c1)c1ccc(N)cc1. The van der Waals surface area contributed by atoms with Crippen LogP contribution in [0.4, 0.5) is 11.4 Å². The van der Waals surface area contributed by atoms with E-state index in [1.807, 2.05) is 0 Å². The van der Waals surface area contributed by atoms with E-state index in [0.29, 0.717) is 22.5 Å². The lowest BCUT2D eigenvalue weighted by atomic mass is 10.1. The number of carbonyl (C=O) groups excluding carboxylic acids is 1. The van der Waals surface area contributed by atoms with Crippen LogP contribution < -0.4 is 11.2 Å². The summed E-state index contributed by atoms with van der Waals surface area (Å²) in [6, 6.07) is 11.3. The van der Waals surface area contributed by atoms with Crippen molar-refractivity contribution in [1.82, 2.24) is 5.43 Å². The summed E-state index contributed by atoms with van der Waals surface area (Å²) < 4.78 is 0. The van der Waals surface area contributed by atoms with Crippen molar-refractivity contribution in [2.24, 2.45) is 5.10 Å². The highest BCUT2D eigenvalue weighted by Crippen LogP contribution is 2.18. The van der Waals surface area contributed by atoms with Gasteiger partial charge in [0.25, 0.3) is 11.6 Å². The van der Waals surface area contributed by atoms with Crippen LogP contribution in [-0.2, 0) is 0 Å². The Morgan fingerprint density at radius 1 is 1.17 bits per heavy atom. The van der Waals surface area contributed by atoms with Crippen LogP contribution in [0.1, 0.15) is 28.4 Å². The lowest BCUT2D eigenvalue weighted by molar-refractivity contribution is -0.385. The Kier molecular flexibility index (Phi) is 4.70. The fraction of sp³-hybridized carbons (Fsp3) is 0.125. The molecule has 7 nitrogen and oxygen atoms in total. The van der Waals surface area contributed by atoms with Crippen LogP contribution in [0.5, 0.6) is 0 Å². The molecule has 2 rings (SSSR count). The first-order valence-corrected chi connectivity index (χ1v) is 6.84. The van der Waals surface area contributed by atoms with Crippen molar-refractivity contribution in [3.8, 4) is 0 Å². The maximum atomic E-state index is 12.1. The molecular weight excluding hydrogens is 296 g/mol. The molecule has 0 aliphatic rings. The first-order chi connectivity index (χ1) is 10.9. The quantitative estimate of drug-likeness (QED) is 0.391. The number of hydrogen-bond donors (Lipinski definition) is 2. The summed E-state index contributed by atoms with van der Waals surface area (Å²) in [6.45, 7) is 3.34. The van der Waals surface area contributed by atoms with E-state index in [1.165, 1.54) is 18.2 Å². The molecule has 7 heteroatoms. The van der Waals surface area contributed by atoms with Gasteiger partial charge in [-0.3, -0.25) is 14.9 Å². The number of amides is 1. The van der Waals surface area contributed by atoms with E-state index in [1.54, 1.807) is 38.1 Å². The van der Waals surface area contributed by atoms with Crippen molar-refractivity contribution in [2.45, 2.75) is 13.8 Å². The molecule has 118 valence electrons. The molecule has 0 atom stereocenters. The molecule has 0 saturated heterocycles. The first kappa shape index (κ1) is 16.2. The Bertz CT molecular complexity index is 782. The third kappa shape index (κ3) is 3.91. The van der Waals surface area contributed by atoms with E-state index in [9.17, 15) is 14.9 Å². The van der Waals surface area contributed by atoms with Gasteiger partial charge in [0.2, 0.25) is 0 Å². The summed E-state index contributed by atoms with van der Waals surface area (Å²) in [4.78, 5) is 22.3. The van der Waals surface area contributed by atoms with Crippen molar-refractivity contribution in [3.05, 3.63) is 69.3 Å². The lowest BCUT2D eigenvalue weighted by Crippen LogP contribution is -2.19. The molecule has 0 bridgehead atoms. The van der Waals surface area contributed by atoms with Gasteiger partial charge in [0.15, 0.2) is 0 Å². The Morgan fingerprint density at radius 2 is 1.78 bits per heavy atom. The van der Waals surface area contributed by atoms with Crippen molar-refractivity contribution >= 4 is 23.0 Å². The highest BCUT2D eigenvalue weighted by molar-refractivity contribution is 6.01. The van der Waals surface area contributed by atoms with E-state index in [2.05, 4.69) is 10.5 Å². The Labute approximate surface area is 133 Å². The van der Waals surface area contributed by atoms with Gasteiger partial charge in [-0.05, 0) is 43.7 Å². The average Bonchev–Trinajstić information content (AvgIpc) is 2.52. The Hall–Kier alpha value is -3.22. The number of anilines is 1. The second kappa shape index (κ2) is 6.69. The summed E-state index contributed by atoms with van der Waals surface area (Å²) in [7, 11) is 0. The minimum atomic E-state index is -0.486. The number of nitro benzene ring substituents is 1. The Balaban J connectivity index is 2.12. The second-order valence-electron chi connectivity index (χ2n) is 5.02. The number of hydrogen-bond acceptors (Lipinski definition) is 5. The van der Waals surface area contributed by atoms with Gasteiger partial charge in [-0.1, -0.05) is 12.1 Å². The third-order valence-electron chi connectivity index (χ3n) is 3.31. The average molecular weight is 312 g/mol. The van der Waals surface area contributed by atoms with Gasteiger partial charge >= 0.3 is 0 Å². The molecule has 3 N–H and O–H groups in total. The summed E-state index contributed by atoms with van der Waals surface area (Å²) in [5.41, 5.74) is 10.9. The molecule has 0 aliphatic heterocycles. The fourth-order valence-electron chi connectivity index (χ4n) is 1.99. The van der Waals surface area contributed by atoms with Gasteiger partial charge in [0.05, 0.1) is 10.6 Å². The van der Waals surface area contributed by atoms with Crippen molar-refractivity contribution in [2.75, 3.05) is 5.73 Å². The van der Waals surface area contributed by atoms with E-state index in [-0.39, 0.29) is 5.69 Å². The predicted molar refractivity (Wildman–Crippen MR) is 88.4 cm³/mol. The van der Waals surface area contributed by atoms with Crippen molar-refractivity contribution < 1.29 is 9.72 Å². The first-order valence-electron chi connectivity index (χ1n) is 6.84. The number of nitro groups is 1. The molecule has 1 amide bonds. The van der Waals surface area contributed by atoms with E-state index in [4.69, 9.17) is 5.73 Å². The number of nitrogens with one attached hydrogen (secondary N) is 1. The maximum Gasteiger partial charge on any atom is 0.272 e. The molecule has 0 fully saturated rings. The van der Waals surface area contributed by atoms with Gasteiger partial charge in [-0.15, -0.1) is 0 Å². The van der Waals surface area contributed by atoms with Crippen LogP contribution in [0, 0.1) is 17.0 Å². The van der Waals surface area contributed by atoms with Gasteiger partial charge < -0.3 is 5.73 Å². The fourth-order valence-corrected chi connectivity index (χ4v) is 1.99. The molecule has 2 aromatic rings. The zero-order valence-electron chi connectivity index (χ0n) is 12.7. The zero-order valence-corrected chi connectivity index (χ0v) is 12.7. The standard InChI is InChI=1S/C16H16N4O3/c1-10-9-13(5-8-15(10)20(22)23)16(21)19-18-11(2)12-3-6-14(17)7-4-12/h3-9H,17H2,1-2H3,(H,19,21). The maximum absolute atomic E-state index is 12.1. The molecule has 0 spiro atoms. The number of benzene rings is 2. The predicted octanol–water partition coefficient (Wildman–Crippen LogP) is 2.64. The highest BCUT2D eigenvalue weighted by atomic mass is 16.6. The number of aryl methyl sites for hydroxylation is 1. The molecule has 0 saturated carbocycles. The van der Waals surface area contributed by atoms with Gasteiger partial charge in [-0.2, -0.15) is 5.10 Å². The number of nitrogens with zero attached hydrogens (tertiary/aromatic N) is 2. The largest absolute Gasteiger partial charge is 0.399 e. The van der Waals surface area contributed by atoms with Crippen LogP contribution in [0.2, 0.25) is 0 Å². The molecule has 0 aromatic heterocycles. The Morgan fingerprint density at radius 3 is 2.35 bits per heavy atom. The van der Waals surface area contributed by atoms with Crippen LogP contribution in [-0.4, -0.2) is 16.5 Å². The minimum absolute atomic E-state index is 0.0249. The highest BCUT2D eigenvalue weighted by Gasteiger charge is 2.13. The summed E-state index contributed by atoms with van der Waals surface area (Å²) >= 11 is 0. The zero-order chi connectivity index (χ0) is 17.0. The molecule has 0 radical (unpaired) electrons. The number of hydrazone groups is 1. The lowest BCUT2D eigenvalue weighted by Gasteiger charge is -2.04. The van der Waals surface area contributed by atoms with Gasteiger partial charge in [-0.25, -0.2) is 5.43 Å². The second-order valence-corrected chi connectivity index (χ2v) is 5.02. The summed E-state index contributed by atoms with van der Waals surface area (Å²) in [5.74, 6) is -0.433. The van der Waals surface area contributed by atoms with Crippen LogP contribution in [0.3, 0.4) is 0 Å².